The number of ether oxygens (including phenoxy) is 1. The van der Waals surface area contributed by atoms with Crippen LogP contribution < -0.4 is 10.1 Å². The molecule has 0 radical (unpaired) electrons. The van der Waals surface area contributed by atoms with E-state index in [1.807, 2.05) is 25.1 Å². The zero-order chi connectivity index (χ0) is 17.6. The topological polar surface area (TPSA) is 79.9 Å². The molecule has 0 saturated carbocycles. The van der Waals surface area contributed by atoms with E-state index in [9.17, 15) is 4.79 Å². The molecule has 2 N–H and O–H groups in total. The third-order valence-electron chi connectivity index (χ3n) is 3.56. The fraction of sp³-hybridized carbons (Fsp3) is 0.167. The number of rotatable bonds is 6. The second-order valence-electron chi connectivity index (χ2n) is 5.29. The van der Waals surface area contributed by atoms with Crippen molar-refractivity contribution in [3.05, 3.63) is 64.9 Å². The summed E-state index contributed by atoms with van der Waals surface area (Å²) in [4.78, 5) is 16.6. The number of amides is 1. The van der Waals surface area contributed by atoms with E-state index in [-0.39, 0.29) is 5.91 Å². The highest BCUT2D eigenvalue weighted by Crippen LogP contribution is 2.23. The van der Waals surface area contributed by atoms with Crippen LogP contribution in [-0.4, -0.2) is 27.7 Å². The van der Waals surface area contributed by atoms with E-state index in [2.05, 4.69) is 20.5 Å². The second-order valence-corrected chi connectivity index (χ2v) is 5.72. The van der Waals surface area contributed by atoms with Crippen LogP contribution in [0.15, 0.2) is 48.8 Å². The summed E-state index contributed by atoms with van der Waals surface area (Å²) in [6.07, 6.45) is 3.19. The number of H-pyrrole nitrogens is 1. The highest BCUT2D eigenvalue weighted by molar-refractivity contribution is 6.30. The van der Waals surface area contributed by atoms with Crippen molar-refractivity contribution < 1.29 is 9.53 Å². The van der Waals surface area contributed by atoms with Crippen LogP contribution in [0.5, 0.6) is 5.88 Å². The summed E-state index contributed by atoms with van der Waals surface area (Å²) < 4.78 is 5.30. The lowest BCUT2D eigenvalue weighted by Crippen LogP contribution is -2.23. The van der Waals surface area contributed by atoms with Crippen molar-refractivity contribution in [2.24, 2.45) is 0 Å². The number of aromatic nitrogens is 3. The molecule has 0 aliphatic heterocycles. The van der Waals surface area contributed by atoms with E-state index in [4.69, 9.17) is 16.3 Å². The lowest BCUT2D eigenvalue weighted by atomic mass is 10.1. The number of hydrogen-bond donors (Lipinski definition) is 2. The largest absolute Gasteiger partial charge is 0.478 e. The maximum absolute atomic E-state index is 12.5. The zero-order valence-corrected chi connectivity index (χ0v) is 14.4. The predicted molar refractivity (Wildman–Crippen MR) is 95.6 cm³/mol. The first-order valence-electron chi connectivity index (χ1n) is 7.82. The van der Waals surface area contributed by atoms with Gasteiger partial charge in [0.25, 0.3) is 5.91 Å². The Morgan fingerprint density at radius 2 is 2.00 bits per heavy atom. The lowest BCUT2D eigenvalue weighted by molar-refractivity contribution is 0.0951. The van der Waals surface area contributed by atoms with Gasteiger partial charge in [0.15, 0.2) is 0 Å². The summed E-state index contributed by atoms with van der Waals surface area (Å²) >= 11 is 5.90. The molecule has 0 atom stereocenters. The number of benzene rings is 1. The minimum Gasteiger partial charge on any atom is -0.478 e. The van der Waals surface area contributed by atoms with E-state index >= 15 is 0 Å². The van der Waals surface area contributed by atoms with Gasteiger partial charge in [0.2, 0.25) is 5.88 Å². The molecule has 3 rings (SSSR count). The summed E-state index contributed by atoms with van der Waals surface area (Å²) in [5, 5.41) is 10.3. The highest BCUT2D eigenvalue weighted by atomic mass is 35.5. The minimum absolute atomic E-state index is 0.215. The molecule has 0 aliphatic rings. The number of hydrogen-bond acceptors (Lipinski definition) is 4. The average Bonchev–Trinajstić information content (AvgIpc) is 3.11. The lowest BCUT2D eigenvalue weighted by Gasteiger charge is -2.07. The fourth-order valence-corrected chi connectivity index (χ4v) is 2.45. The Kier molecular flexibility index (Phi) is 5.30. The third kappa shape index (κ3) is 4.16. The number of aromatic amines is 1. The van der Waals surface area contributed by atoms with Crippen LogP contribution >= 0.6 is 11.6 Å². The van der Waals surface area contributed by atoms with Crippen LogP contribution in [0.2, 0.25) is 5.02 Å². The summed E-state index contributed by atoms with van der Waals surface area (Å²) in [5.41, 5.74) is 2.85. The smallest absolute Gasteiger partial charge is 0.255 e. The van der Waals surface area contributed by atoms with Crippen molar-refractivity contribution >= 4 is 17.5 Å². The van der Waals surface area contributed by atoms with Gasteiger partial charge in [0.05, 0.1) is 24.1 Å². The molecule has 0 fully saturated rings. The average molecular weight is 357 g/mol. The molecular weight excluding hydrogens is 340 g/mol. The van der Waals surface area contributed by atoms with Gasteiger partial charge in [-0.2, -0.15) is 5.10 Å². The Morgan fingerprint density at radius 1 is 1.20 bits per heavy atom. The van der Waals surface area contributed by atoms with Crippen molar-refractivity contribution in [3.8, 4) is 17.1 Å². The monoisotopic (exact) mass is 356 g/mol. The highest BCUT2D eigenvalue weighted by Gasteiger charge is 2.15. The molecule has 7 heteroatoms. The molecule has 128 valence electrons. The molecule has 0 unspecified atom stereocenters. The number of carbonyl (C=O) groups excluding carboxylic acids is 1. The fourth-order valence-electron chi connectivity index (χ4n) is 2.32. The maximum atomic E-state index is 12.5. The summed E-state index contributed by atoms with van der Waals surface area (Å²) in [7, 11) is 0. The van der Waals surface area contributed by atoms with Crippen molar-refractivity contribution in [3.63, 3.8) is 0 Å². The van der Waals surface area contributed by atoms with Gasteiger partial charge in [0, 0.05) is 29.4 Å². The van der Waals surface area contributed by atoms with Crippen molar-refractivity contribution in [1.82, 2.24) is 20.5 Å². The van der Waals surface area contributed by atoms with E-state index in [0.717, 1.165) is 11.1 Å². The molecule has 1 amide bonds. The van der Waals surface area contributed by atoms with Gasteiger partial charge < -0.3 is 10.1 Å². The second kappa shape index (κ2) is 7.81. The molecule has 0 bridgehead atoms. The summed E-state index contributed by atoms with van der Waals surface area (Å²) in [6.45, 7) is 2.83. The van der Waals surface area contributed by atoms with E-state index in [1.165, 1.54) is 6.20 Å². The van der Waals surface area contributed by atoms with Crippen LogP contribution in [0, 0.1) is 0 Å². The Labute approximate surface area is 150 Å². The molecule has 25 heavy (non-hydrogen) atoms. The molecule has 3 aromatic rings. The zero-order valence-electron chi connectivity index (χ0n) is 13.6. The molecule has 2 heterocycles. The quantitative estimate of drug-likeness (QED) is 0.709. The molecule has 0 saturated heterocycles. The SMILES string of the molecule is CCOc1ccc(CNC(=O)c2cn[nH]c2-c2ccc(Cl)cc2)cn1. The number of pyridine rings is 1. The number of carbonyl (C=O) groups is 1. The van der Waals surface area contributed by atoms with Gasteiger partial charge in [0.1, 0.15) is 0 Å². The van der Waals surface area contributed by atoms with Gasteiger partial charge >= 0.3 is 0 Å². The summed E-state index contributed by atoms with van der Waals surface area (Å²) in [6, 6.07) is 10.9. The Morgan fingerprint density at radius 3 is 2.68 bits per heavy atom. The first-order chi connectivity index (χ1) is 12.2. The maximum Gasteiger partial charge on any atom is 0.255 e. The van der Waals surface area contributed by atoms with E-state index in [0.29, 0.717) is 35.3 Å². The van der Waals surface area contributed by atoms with Crippen molar-refractivity contribution in [1.29, 1.82) is 0 Å². The van der Waals surface area contributed by atoms with Crippen LogP contribution in [0.25, 0.3) is 11.3 Å². The standard InChI is InChI=1S/C18H17ClN4O2/c1-2-25-16-8-3-12(9-20-16)10-21-18(24)15-11-22-23-17(15)13-4-6-14(19)7-5-13/h3-9,11H,2,10H2,1H3,(H,21,24)(H,22,23). The van der Waals surface area contributed by atoms with Crippen LogP contribution in [-0.2, 0) is 6.54 Å². The Bertz CT molecular complexity index is 844. The molecule has 0 spiro atoms. The van der Waals surface area contributed by atoms with Crippen LogP contribution in [0.1, 0.15) is 22.8 Å². The normalized spacial score (nSPS) is 10.5. The number of nitrogens with one attached hydrogen (secondary N) is 2. The Balaban J connectivity index is 1.68. The number of halogens is 1. The first-order valence-corrected chi connectivity index (χ1v) is 8.20. The minimum atomic E-state index is -0.215. The number of nitrogens with zero attached hydrogens (tertiary/aromatic N) is 2. The Hall–Kier alpha value is -2.86. The van der Waals surface area contributed by atoms with Gasteiger partial charge in [-0.15, -0.1) is 0 Å². The molecule has 2 aromatic heterocycles. The first kappa shape index (κ1) is 17.0. The summed E-state index contributed by atoms with van der Waals surface area (Å²) in [5.74, 6) is 0.352. The molecule has 1 aromatic carbocycles. The molecule has 6 nitrogen and oxygen atoms in total. The van der Waals surface area contributed by atoms with E-state index < -0.39 is 0 Å². The van der Waals surface area contributed by atoms with Crippen molar-refractivity contribution in [2.45, 2.75) is 13.5 Å². The van der Waals surface area contributed by atoms with Gasteiger partial charge in [-0.1, -0.05) is 29.8 Å². The predicted octanol–water partition coefficient (Wildman–Crippen LogP) is 3.45. The van der Waals surface area contributed by atoms with Gasteiger partial charge in [-0.3, -0.25) is 9.89 Å². The van der Waals surface area contributed by atoms with Gasteiger partial charge in [-0.25, -0.2) is 4.98 Å². The van der Waals surface area contributed by atoms with Crippen molar-refractivity contribution in [2.75, 3.05) is 6.61 Å². The van der Waals surface area contributed by atoms with E-state index in [1.54, 1.807) is 24.4 Å². The van der Waals surface area contributed by atoms with Gasteiger partial charge in [-0.05, 0) is 24.6 Å². The van der Waals surface area contributed by atoms with Crippen LogP contribution in [0.4, 0.5) is 0 Å². The molecular formula is C18H17ClN4O2. The molecule has 0 aliphatic carbocycles. The third-order valence-corrected chi connectivity index (χ3v) is 3.81. The van der Waals surface area contributed by atoms with Crippen LogP contribution in [0.3, 0.4) is 0 Å².